The number of hydrogen-bond donors (Lipinski definition) is 2. The van der Waals surface area contributed by atoms with E-state index in [9.17, 15) is 4.79 Å². The van der Waals surface area contributed by atoms with Gasteiger partial charge in [-0.2, -0.15) is 0 Å². The van der Waals surface area contributed by atoms with Crippen LogP contribution in [-0.2, 0) is 5.41 Å². The standard InChI is InChI=1S/C20H26N4O/c1-20(2,3)16-10-6-7-11-17(16)24-18(25)14-12-21-19(22-13-14)23-15-8-4-5-9-15/h6-7,10-13,15H,4-5,8-9H2,1-3H3,(H,24,25)(H,21,22,23). The van der Waals surface area contributed by atoms with E-state index in [0.717, 1.165) is 24.1 Å². The van der Waals surface area contributed by atoms with Gasteiger partial charge in [-0.1, -0.05) is 51.8 Å². The highest BCUT2D eigenvalue weighted by atomic mass is 16.1. The van der Waals surface area contributed by atoms with Gasteiger partial charge in [-0.25, -0.2) is 9.97 Å². The molecule has 5 nitrogen and oxygen atoms in total. The predicted octanol–water partition coefficient (Wildman–Crippen LogP) is 4.38. The second-order valence-electron chi connectivity index (χ2n) is 7.67. The maximum atomic E-state index is 12.5. The van der Waals surface area contributed by atoms with Crippen molar-refractivity contribution in [2.75, 3.05) is 10.6 Å². The Morgan fingerprint density at radius 1 is 1.08 bits per heavy atom. The van der Waals surface area contributed by atoms with Gasteiger partial charge in [0.15, 0.2) is 0 Å². The highest BCUT2D eigenvalue weighted by molar-refractivity contribution is 6.04. The summed E-state index contributed by atoms with van der Waals surface area (Å²) in [5.41, 5.74) is 2.34. The maximum absolute atomic E-state index is 12.5. The van der Waals surface area contributed by atoms with Gasteiger partial charge in [0.2, 0.25) is 5.95 Å². The number of hydrogen-bond acceptors (Lipinski definition) is 4. The normalized spacial score (nSPS) is 15.2. The summed E-state index contributed by atoms with van der Waals surface area (Å²) in [6.45, 7) is 6.39. The zero-order chi connectivity index (χ0) is 17.9. The van der Waals surface area contributed by atoms with Crippen LogP contribution in [0.2, 0.25) is 0 Å². The van der Waals surface area contributed by atoms with E-state index < -0.39 is 0 Å². The number of nitrogens with zero attached hydrogens (tertiary/aromatic N) is 2. The van der Waals surface area contributed by atoms with Crippen LogP contribution >= 0.6 is 0 Å². The number of benzene rings is 1. The van der Waals surface area contributed by atoms with Crippen LogP contribution in [0.5, 0.6) is 0 Å². The van der Waals surface area contributed by atoms with Gasteiger partial charge in [-0.3, -0.25) is 4.79 Å². The second-order valence-corrected chi connectivity index (χ2v) is 7.67. The molecular weight excluding hydrogens is 312 g/mol. The summed E-state index contributed by atoms with van der Waals surface area (Å²) in [6.07, 6.45) is 8.00. The Morgan fingerprint density at radius 2 is 1.72 bits per heavy atom. The van der Waals surface area contributed by atoms with Gasteiger partial charge in [0, 0.05) is 24.1 Å². The fourth-order valence-electron chi connectivity index (χ4n) is 3.21. The molecule has 0 aliphatic heterocycles. The largest absolute Gasteiger partial charge is 0.351 e. The minimum absolute atomic E-state index is 0.0462. The monoisotopic (exact) mass is 338 g/mol. The third-order valence-electron chi connectivity index (χ3n) is 4.59. The first-order valence-corrected chi connectivity index (χ1v) is 8.93. The van der Waals surface area contributed by atoms with Crippen LogP contribution < -0.4 is 10.6 Å². The quantitative estimate of drug-likeness (QED) is 0.868. The molecule has 1 heterocycles. The van der Waals surface area contributed by atoms with Gasteiger partial charge in [-0.05, 0) is 29.9 Å². The minimum Gasteiger partial charge on any atom is -0.351 e. The summed E-state index contributed by atoms with van der Waals surface area (Å²) in [5, 5.41) is 6.32. The van der Waals surface area contributed by atoms with Crippen LogP contribution in [0.4, 0.5) is 11.6 Å². The summed E-state index contributed by atoms with van der Waals surface area (Å²) >= 11 is 0. The number of amides is 1. The zero-order valence-electron chi connectivity index (χ0n) is 15.2. The third kappa shape index (κ3) is 4.35. The SMILES string of the molecule is CC(C)(C)c1ccccc1NC(=O)c1cnc(NC2CCCC2)nc1. The van der Waals surface area contributed by atoms with Crippen LogP contribution in [0.1, 0.15) is 62.4 Å². The first-order chi connectivity index (χ1) is 11.9. The van der Waals surface area contributed by atoms with Crippen molar-refractivity contribution < 1.29 is 4.79 Å². The lowest BCUT2D eigenvalue weighted by Gasteiger charge is -2.23. The van der Waals surface area contributed by atoms with Gasteiger partial charge >= 0.3 is 0 Å². The highest BCUT2D eigenvalue weighted by Crippen LogP contribution is 2.29. The van der Waals surface area contributed by atoms with Crippen molar-refractivity contribution in [3.63, 3.8) is 0 Å². The predicted molar refractivity (Wildman–Crippen MR) is 101 cm³/mol. The molecule has 0 atom stereocenters. The van der Waals surface area contributed by atoms with Gasteiger partial charge < -0.3 is 10.6 Å². The minimum atomic E-state index is -0.191. The van der Waals surface area contributed by atoms with Crippen LogP contribution in [0.15, 0.2) is 36.7 Å². The number of carbonyl (C=O) groups is 1. The van der Waals surface area contributed by atoms with E-state index >= 15 is 0 Å². The first kappa shape index (κ1) is 17.4. The third-order valence-corrected chi connectivity index (χ3v) is 4.59. The fourth-order valence-corrected chi connectivity index (χ4v) is 3.21. The van der Waals surface area contributed by atoms with E-state index in [4.69, 9.17) is 0 Å². The molecule has 132 valence electrons. The summed E-state index contributed by atoms with van der Waals surface area (Å²) < 4.78 is 0. The Balaban J connectivity index is 1.69. The van der Waals surface area contributed by atoms with Crippen LogP contribution in [0.25, 0.3) is 0 Å². The van der Waals surface area contributed by atoms with E-state index in [0.29, 0.717) is 17.6 Å². The summed E-state index contributed by atoms with van der Waals surface area (Å²) in [6, 6.07) is 8.34. The number of carbonyl (C=O) groups excluding carboxylic acids is 1. The van der Waals surface area contributed by atoms with Crippen molar-refractivity contribution in [3.8, 4) is 0 Å². The topological polar surface area (TPSA) is 66.9 Å². The Kier molecular flexibility index (Phi) is 5.02. The lowest BCUT2D eigenvalue weighted by Crippen LogP contribution is -2.20. The molecule has 0 bridgehead atoms. The van der Waals surface area contributed by atoms with Gasteiger partial charge in [0.05, 0.1) is 5.56 Å². The lowest BCUT2D eigenvalue weighted by atomic mass is 9.86. The Morgan fingerprint density at radius 3 is 2.36 bits per heavy atom. The molecule has 0 unspecified atom stereocenters. The first-order valence-electron chi connectivity index (χ1n) is 8.93. The summed E-state index contributed by atoms with van der Waals surface area (Å²) in [7, 11) is 0. The highest BCUT2D eigenvalue weighted by Gasteiger charge is 2.19. The summed E-state index contributed by atoms with van der Waals surface area (Å²) in [5.74, 6) is 0.405. The molecule has 2 N–H and O–H groups in total. The van der Waals surface area contributed by atoms with Crippen molar-refractivity contribution in [1.82, 2.24) is 9.97 Å². The van der Waals surface area contributed by atoms with E-state index in [1.165, 1.54) is 12.8 Å². The molecule has 2 aromatic rings. The van der Waals surface area contributed by atoms with Crippen molar-refractivity contribution in [1.29, 1.82) is 0 Å². The van der Waals surface area contributed by atoms with E-state index in [2.05, 4.69) is 41.4 Å². The molecule has 1 amide bonds. The molecule has 1 aliphatic carbocycles. The summed E-state index contributed by atoms with van der Waals surface area (Å²) in [4.78, 5) is 21.1. The molecule has 25 heavy (non-hydrogen) atoms. The Labute approximate surface area is 149 Å². The zero-order valence-corrected chi connectivity index (χ0v) is 15.2. The average Bonchev–Trinajstić information content (AvgIpc) is 3.08. The molecule has 3 rings (SSSR count). The molecule has 1 aliphatic rings. The smallest absolute Gasteiger partial charge is 0.258 e. The fraction of sp³-hybridized carbons (Fsp3) is 0.450. The second kappa shape index (κ2) is 7.21. The van der Waals surface area contributed by atoms with Crippen molar-refractivity contribution in [3.05, 3.63) is 47.8 Å². The lowest BCUT2D eigenvalue weighted by molar-refractivity contribution is 0.102. The number of para-hydroxylation sites is 1. The molecule has 0 saturated heterocycles. The van der Waals surface area contributed by atoms with Crippen molar-refractivity contribution >= 4 is 17.5 Å². The molecule has 1 aromatic heterocycles. The molecule has 1 saturated carbocycles. The average molecular weight is 338 g/mol. The number of nitrogens with one attached hydrogen (secondary N) is 2. The number of aromatic nitrogens is 2. The molecule has 0 spiro atoms. The van der Waals surface area contributed by atoms with Crippen molar-refractivity contribution in [2.45, 2.75) is 57.9 Å². The van der Waals surface area contributed by atoms with Gasteiger partial charge in [-0.15, -0.1) is 0 Å². The van der Waals surface area contributed by atoms with Gasteiger partial charge in [0.1, 0.15) is 0 Å². The van der Waals surface area contributed by atoms with Crippen LogP contribution in [-0.4, -0.2) is 21.9 Å². The Hall–Kier alpha value is -2.43. The molecule has 5 heteroatoms. The molecule has 0 radical (unpaired) electrons. The van der Waals surface area contributed by atoms with Crippen LogP contribution in [0.3, 0.4) is 0 Å². The molecular formula is C20H26N4O. The van der Waals surface area contributed by atoms with E-state index in [1.807, 2.05) is 24.3 Å². The molecule has 1 fully saturated rings. The van der Waals surface area contributed by atoms with Crippen molar-refractivity contribution in [2.24, 2.45) is 0 Å². The molecule has 1 aromatic carbocycles. The maximum Gasteiger partial charge on any atom is 0.258 e. The Bertz CT molecular complexity index is 728. The van der Waals surface area contributed by atoms with E-state index in [-0.39, 0.29) is 11.3 Å². The number of anilines is 2. The van der Waals surface area contributed by atoms with Gasteiger partial charge in [0.25, 0.3) is 5.91 Å². The van der Waals surface area contributed by atoms with Crippen LogP contribution in [0, 0.1) is 0 Å². The number of rotatable bonds is 4. The van der Waals surface area contributed by atoms with E-state index in [1.54, 1.807) is 12.4 Å².